The summed E-state index contributed by atoms with van der Waals surface area (Å²) in [6.45, 7) is 12.6. The third kappa shape index (κ3) is 5.60. The van der Waals surface area contributed by atoms with Crippen molar-refractivity contribution < 1.29 is 5.11 Å². The van der Waals surface area contributed by atoms with Gasteiger partial charge in [-0.1, -0.05) is 56.6 Å². The molecule has 1 atom stereocenters. The molecule has 0 spiro atoms. The van der Waals surface area contributed by atoms with Crippen LogP contribution < -0.4 is 0 Å². The fourth-order valence-corrected chi connectivity index (χ4v) is 3.72. The average molecular weight is 274 g/mol. The molecule has 1 N–H and O–H groups in total. The van der Waals surface area contributed by atoms with Crippen molar-refractivity contribution >= 4 is 8.07 Å². The van der Waals surface area contributed by atoms with E-state index in [1.807, 2.05) is 25.1 Å². The van der Waals surface area contributed by atoms with E-state index < -0.39 is 13.7 Å². The summed E-state index contributed by atoms with van der Waals surface area (Å²) in [4.78, 5) is 0. The first-order valence-corrected chi connectivity index (χ1v) is 10.6. The highest BCUT2D eigenvalue weighted by Gasteiger charge is 2.29. The summed E-state index contributed by atoms with van der Waals surface area (Å²) in [7, 11) is -1.26. The maximum atomic E-state index is 10.7. The average Bonchev–Trinajstić information content (AvgIpc) is 2.34. The molecule has 1 unspecified atom stereocenters. The van der Waals surface area contributed by atoms with E-state index in [2.05, 4.69) is 44.1 Å². The minimum Gasteiger partial charge on any atom is -0.385 e. The molecule has 0 bridgehead atoms. The smallest absolute Gasteiger partial charge is 0.0902 e. The van der Waals surface area contributed by atoms with Crippen LogP contribution in [-0.2, 0) is 6.42 Å². The van der Waals surface area contributed by atoms with Crippen LogP contribution in [0.25, 0.3) is 0 Å². The van der Waals surface area contributed by atoms with Crippen molar-refractivity contribution in [1.82, 2.24) is 0 Å². The van der Waals surface area contributed by atoms with Gasteiger partial charge in [0.15, 0.2) is 0 Å². The molecule has 0 aromatic heterocycles. The molecule has 2 heteroatoms. The summed E-state index contributed by atoms with van der Waals surface area (Å²) in [6, 6.07) is 11.3. The molecular formula is C17H26OSi. The Bertz CT molecular complexity index is 448. The van der Waals surface area contributed by atoms with Crippen LogP contribution in [0.3, 0.4) is 0 Å². The fraction of sp³-hybridized carbons (Fsp3) is 0.471. The van der Waals surface area contributed by atoms with Crippen LogP contribution in [0.15, 0.2) is 48.2 Å². The number of aryl methyl sites for hydroxylation is 1. The number of hydrogen-bond acceptors (Lipinski definition) is 1. The van der Waals surface area contributed by atoms with Crippen LogP contribution >= 0.6 is 0 Å². The Morgan fingerprint density at radius 3 is 2.32 bits per heavy atom. The Morgan fingerprint density at radius 1 is 1.26 bits per heavy atom. The second kappa shape index (κ2) is 6.38. The number of rotatable bonds is 6. The molecule has 0 saturated heterocycles. The van der Waals surface area contributed by atoms with Gasteiger partial charge in [-0.15, -0.1) is 5.73 Å². The molecule has 1 aromatic rings. The molecule has 0 aliphatic heterocycles. The molecule has 0 amide bonds. The lowest BCUT2D eigenvalue weighted by Gasteiger charge is -2.29. The second-order valence-corrected chi connectivity index (χ2v) is 12.1. The lowest BCUT2D eigenvalue weighted by Crippen LogP contribution is -2.32. The quantitative estimate of drug-likeness (QED) is 0.601. The first-order chi connectivity index (χ1) is 8.74. The predicted molar refractivity (Wildman–Crippen MR) is 86.2 cm³/mol. The second-order valence-electron chi connectivity index (χ2n) is 6.65. The van der Waals surface area contributed by atoms with Gasteiger partial charge >= 0.3 is 0 Å². The van der Waals surface area contributed by atoms with Crippen LogP contribution in [0.2, 0.25) is 25.7 Å². The first kappa shape index (κ1) is 16.0. The molecule has 19 heavy (non-hydrogen) atoms. The summed E-state index contributed by atoms with van der Waals surface area (Å²) in [5, 5.41) is 10.7. The van der Waals surface area contributed by atoms with Crippen LogP contribution in [0.5, 0.6) is 0 Å². The van der Waals surface area contributed by atoms with E-state index in [4.69, 9.17) is 0 Å². The molecule has 1 nitrogen and oxygen atoms in total. The summed E-state index contributed by atoms with van der Waals surface area (Å²) in [6.07, 6.45) is 1.60. The van der Waals surface area contributed by atoms with Gasteiger partial charge in [-0.2, -0.15) is 0 Å². The molecule has 1 rings (SSSR count). The molecule has 1 aromatic carbocycles. The van der Waals surface area contributed by atoms with Crippen molar-refractivity contribution in [3.8, 4) is 0 Å². The minimum atomic E-state index is -1.26. The Balaban J connectivity index is 2.71. The molecule has 0 fully saturated rings. The van der Waals surface area contributed by atoms with Gasteiger partial charge in [-0.3, -0.25) is 0 Å². The van der Waals surface area contributed by atoms with Crippen LogP contribution in [0.1, 0.15) is 18.9 Å². The van der Waals surface area contributed by atoms with Crippen molar-refractivity contribution in [2.45, 2.75) is 51.1 Å². The standard InChI is InChI=1S/C17H26OSi/c1-6-16(14-19(3,4)5)17(2,18)13-12-15-10-8-7-9-11-15/h7-11,18H,1,12-14H2,2-5H3. The Kier molecular flexibility index (Phi) is 5.36. The molecule has 104 valence electrons. The summed E-state index contributed by atoms with van der Waals surface area (Å²) >= 11 is 0. The van der Waals surface area contributed by atoms with Gasteiger partial charge in [0.25, 0.3) is 0 Å². The van der Waals surface area contributed by atoms with Crippen LogP contribution in [-0.4, -0.2) is 18.8 Å². The zero-order valence-corrected chi connectivity index (χ0v) is 13.7. The van der Waals surface area contributed by atoms with Crippen molar-refractivity contribution in [1.29, 1.82) is 0 Å². The molecule has 0 heterocycles. The highest BCUT2D eigenvalue weighted by atomic mass is 28.3. The van der Waals surface area contributed by atoms with E-state index in [1.54, 1.807) is 0 Å². The van der Waals surface area contributed by atoms with Crippen molar-refractivity contribution in [2.75, 3.05) is 0 Å². The Hall–Kier alpha value is -1.08. The SMILES string of the molecule is C=C=C(C[Si](C)(C)C)C(C)(O)CCc1ccccc1. The first-order valence-electron chi connectivity index (χ1n) is 6.90. The van der Waals surface area contributed by atoms with E-state index in [0.717, 1.165) is 24.5 Å². The molecular weight excluding hydrogens is 248 g/mol. The minimum absolute atomic E-state index is 0.722. The maximum absolute atomic E-state index is 10.7. The van der Waals surface area contributed by atoms with E-state index in [9.17, 15) is 5.11 Å². The maximum Gasteiger partial charge on any atom is 0.0902 e. The van der Waals surface area contributed by atoms with E-state index in [1.165, 1.54) is 5.56 Å². The van der Waals surface area contributed by atoms with Crippen molar-refractivity contribution in [2.24, 2.45) is 0 Å². The lowest BCUT2D eigenvalue weighted by atomic mass is 9.90. The summed E-state index contributed by atoms with van der Waals surface area (Å²) < 4.78 is 0. The molecule has 0 aliphatic rings. The van der Waals surface area contributed by atoms with Crippen molar-refractivity contribution in [3.63, 3.8) is 0 Å². The van der Waals surface area contributed by atoms with Crippen LogP contribution in [0.4, 0.5) is 0 Å². The molecule has 0 radical (unpaired) electrons. The van der Waals surface area contributed by atoms with Gasteiger partial charge in [0.05, 0.1) is 5.60 Å². The van der Waals surface area contributed by atoms with E-state index in [-0.39, 0.29) is 0 Å². The number of benzene rings is 1. The highest BCUT2D eigenvalue weighted by molar-refractivity contribution is 6.76. The normalized spacial score (nSPS) is 14.6. The topological polar surface area (TPSA) is 20.2 Å². The van der Waals surface area contributed by atoms with Gasteiger partial charge < -0.3 is 5.11 Å². The summed E-state index contributed by atoms with van der Waals surface area (Å²) in [5.41, 5.74) is 4.43. The fourth-order valence-electron chi connectivity index (χ4n) is 2.16. The highest BCUT2D eigenvalue weighted by Crippen LogP contribution is 2.29. The van der Waals surface area contributed by atoms with Gasteiger partial charge in [-0.05, 0) is 36.9 Å². The predicted octanol–water partition coefficient (Wildman–Crippen LogP) is 4.42. The van der Waals surface area contributed by atoms with Gasteiger partial charge in [0.1, 0.15) is 0 Å². The zero-order chi connectivity index (χ0) is 14.5. The third-order valence-corrected chi connectivity index (χ3v) is 4.73. The largest absolute Gasteiger partial charge is 0.385 e. The summed E-state index contributed by atoms with van der Waals surface area (Å²) in [5.74, 6) is 0. The van der Waals surface area contributed by atoms with Gasteiger partial charge in [0, 0.05) is 8.07 Å². The Labute approximate surface area is 118 Å². The lowest BCUT2D eigenvalue weighted by molar-refractivity contribution is 0.0895. The van der Waals surface area contributed by atoms with E-state index in [0.29, 0.717) is 0 Å². The Morgan fingerprint density at radius 2 is 1.84 bits per heavy atom. The van der Waals surface area contributed by atoms with Gasteiger partial charge in [-0.25, -0.2) is 0 Å². The van der Waals surface area contributed by atoms with Gasteiger partial charge in [0.2, 0.25) is 0 Å². The zero-order valence-electron chi connectivity index (χ0n) is 12.7. The number of hydrogen-bond donors (Lipinski definition) is 1. The number of aliphatic hydroxyl groups is 1. The van der Waals surface area contributed by atoms with Crippen LogP contribution in [0, 0.1) is 0 Å². The molecule has 0 aliphatic carbocycles. The van der Waals surface area contributed by atoms with Crippen molar-refractivity contribution in [3.05, 3.63) is 53.8 Å². The van der Waals surface area contributed by atoms with E-state index >= 15 is 0 Å². The monoisotopic (exact) mass is 274 g/mol. The third-order valence-electron chi connectivity index (χ3n) is 3.31. The molecule has 0 saturated carbocycles.